The average Bonchev–Trinajstić information content (AvgIpc) is 2.88. The van der Waals surface area contributed by atoms with Gasteiger partial charge in [0.15, 0.2) is 0 Å². The number of carbonyl (C=O) groups excluding carboxylic acids is 2. The molecule has 1 aromatic heterocycles. The van der Waals surface area contributed by atoms with E-state index in [1.165, 1.54) is 6.07 Å². The maximum atomic E-state index is 11.9. The Morgan fingerprint density at radius 2 is 2.14 bits per heavy atom. The van der Waals surface area contributed by atoms with Gasteiger partial charge < -0.3 is 14.6 Å². The molecule has 7 heteroatoms. The lowest BCUT2D eigenvalue weighted by molar-refractivity contribution is 0.0526. The molecule has 1 aromatic carbocycles. The Hall–Kier alpha value is -2.15. The highest BCUT2D eigenvalue weighted by Gasteiger charge is 2.15. The van der Waals surface area contributed by atoms with Crippen LogP contribution in [-0.2, 0) is 4.74 Å². The summed E-state index contributed by atoms with van der Waals surface area (Å²) in [5.74, 6) is -0.712. The van der Waals surface area contributed by atoms with Crippen LogP contribution in [0.25, 0.3) is 0 Å². The van der Waals surface area contributed by atoms with E-state index in [1.807, 2.05) is 0 Å². The summed E-state index contributed by atoms with van der Waals surface area (Å²) < 4.78 is 10.4. The van der Waals surface area contributed by atoms with Gasteiger partial charge in [-0.25, -0.2) is 4.79 Å². The molecule has 1 amide bonds. The summed E-state index contributed by atoms with van der Waals surface area (Å²) in [7, 11) is 0. The van der Waals surface area contributed by atoms with Crippen molar-refractivity contribution in [3.05, 3.63) is 45.8 Å². The van der Waals surface area contributed by atoms with Gasteiger partial charge in [0.05, 0.1) is 23.6 Å². The number of amides is 1. The molecular formula is C14H13BrN2O4. The minimum atomic E-state index is -0.416. The van der Waals surface area contributed by atoms with Crippen LogP contribution in [0.5, 0.6) is 0 Å². The number of nitrogens with zero attached hydrogens (tertiary/aromatic N) is 1. The van der Waals surface area contributed by atoms with E-state index >= 15 is 0 Å². The van der Waals surface area contributed by atoms with Gasteiger partial charge >= 0.3 is 5.97 Å². The number of hydrogen-bond donors (Lipinski definition) is 1. The maximum absolute atomic E-state index is 11.9. The zero-order valence-corrected chi connectivity index (χ0v) is 13.1. The lowest BCUT2D eigenvalue weighted by atomic mass is 10.2. The fraction of sp³-hybridized carbons (Fsp3) is 0.214. The molecule has 1 N–H and O–H groups in total. The molecule has 6 nitrogen and oxygen atoms in total. The van der Waals surface area contributed by atoms with Crippen molar-refractivity contribution in [2.45, 2.75) is 13.8 Å². The second kappa shape index (κ2) is 6.53. The van der Waals surface area contributed by atoms with Gasteiger partial charge in [0.25, 0.3) is 5.91 Å². The Balaban J connectivity index is 2.14. The average molecular weight is 353 g/mol. The maximum Gasteiger partial charge on any atom is 0.338 e. The predicted molar refractivity (Wildman–Crippen MR) is 79.3 cm³/mol. The first-order valence-electron chi connectivity index (χ1n) is 6.22. The van der Waals surface area contributed by atoms with Crippen LogP contribution in [0.1, 0.15) is 33.5 Å². The number of halogens is 1. The first-order valence-corrected chi connectivity index (χ1v) is 7.02. The van der Waals surface area contributed by atoms with E-state index in [4.69, 9.17) is 9.26 Å². The van der Waals surface area contributed by atoms with Gasteiger partial charge in [-0.2, -0.15) is 0 Å². The molecule has 0 fully saturated rings. The molecule has 2 aromatic rings. The Kier molecular flexibility index (Phi) is 4.74. The lowest BCUT2D eigenvalue weighted by Crippen LogP contribution is -2.12. The number of ether oxygens (including phenoxy) is 1. The monoisotopic (exact) mass is 352 g/mol. The number of benzene rings is 1. The van der Waals surface area contributed by atoms with Crippen LogP contribution in [0.3, 0.4) is 0 Å². The van der Waals surface area contributed by atoms with Crippen molar-refractivity contribution >= 4 is 33.5 Å². The number of aromatic nitrogens is 1. The number of nitrogens with one attached hydrogen (secondary N) is 1. The molecule has 0 spiro atoms. The minimum Gasteiger partial charge on any atom is -0.462 e. The standard InChI is InChI=1S/C14H13BrN2O4/c1-3-20-14(19)9-4-5-11(10(15)7-9)16-13(18)12-6-8(2)17-21-12/h4-7H,3H2,1-2H3,(H,16,18). The van der Waals surface area contributed by atoms with Crippen LogP contribution in [0.4, 0.5) is 5.69 Å². The fourth-order valence-electron chi connectivity index (χ4n) is 1.61. The molecule has 0 radical (unpaired) electrons. The second-order valence-corrected chi connectivity index (χ2v) is 5.06. The molecule has 0 unspecified atom stereocenters. The number of anilines is 1. The van der Waals surface area contributed by atoms with E-state index in [9.17, 15) is 9.59 Å². The van der Waals surface area contributed by atoms with Crippen molar-refractivity contribution in [1.82, 2.24) is 5.16 Å². The topological polar surface area (TPSA) is 81.4 Å². The number of aryl methyl sites for hydroxylation is 1. The second-order valence-electron chi connectivity index (χ2n) is 4.20. The van der Waals surface area contributed by atoms with Crippen molar-refractivity contribution in [3.63, 3.8) is 0 Å². The SMILES string of the molecule is CCOC(=O)c1ccc(NC(=O)c2cc(C)no2)c(Br)c1. The van der Waals surface area contributed by atoms with Crippen LogP contribution < -0.4 is 5.32 Å². The predicted octanol–water partition coefficient (Wildman–Crippen LogP) is 3.17. The van der Waals surface area contributed by atoms with Crippen LogP contribution in [0.15, 0.2) is 33.3 Å². The third kappa shape index (κ3) is 3.69. The van der Waals surface area contributed by atoms with Crippen molar-refractivity contribution in [1.29, 1.82) is 0 Å². The highest BCUT2D eigenvalue weighted by Crippen LogP contribution is 2.24. The Labute approximate surface area is 129 Å². The quantitative estimate of drug-likeness (QED) is 0.854. The van der Waals surface area contributed by atoms with Crippen LogP contribution in [0, 0.1) is 6.92 Å². The molecule has 0 saturated carbocycles. The van der Waals surface area contributed by atoms with E-state index in [1.54, 1.807) is 32.0 Å². The van der Waals surface area contributed by atoms with Crippen molar-refractivity contribution in [2.24, 2.45) is 0 Å². The van der Waals surface area contributed by atoms with Crippen molar-refractivity contribution < 1.29 is 18.8 Å². The zero-order valence-electron chi connectivity index (χ0n) is 11.5. The van der Waals surface area contributed by atoms with E-state index < -0.39 is 11.9 Å². The fourth-order valence-corrected chi connectivity index (χ4v) is 2.09. The summed E-state index contributed by atoms with van der Waals surface area (Å²) in [4.78, 5) is 23.5. The van der Waals surface area contributed by atoms with Crippen molar-refractivity contribution in [2.75, 3.05) is 11.9 Å². The van der Waals surface area contributed by atoms with Crippen molar-refractivity contribution in [3.8, 4) is 0 Å². The third-order valence-corrected chi connectivity index (χ3v) is 3.24. The van der Waals surface area contributed by atoms with Crippen LogP contribution >= 0.6 is 15.9 Å². The molecule has 1 heterocycles. The minimum absolute atomic E-state index is 0.119. The normalized spacial score (nSPS) is 10.2. The molecule has 0 atom stereocenters. The molecular weight excluding hydrogens is 340 g/mol. The summed E-state index contributed by atoms with van der Waals surface area (Å²) in [5.41, 5.74) is 1.54. The lowest BCUT2D eigenvalue weighted by Gasteiger charge is -2.07. The zero-order chi connectivity index (χ0) is 15.4. The van der Waals surface area contributed by atoms with Gasteiger partial charge in [0.1, 0.15) is 0 Å². The Bertz CT molecular complexity index is 681. The summed E-state index contributed by atoms with van der Waals surface area (Å²) in [6, 6.07) is 6.30. The van der Waals surface area contributed by atoms with Gasteiger partial charge in [-0.1, -0.05) is 5.16 Å². The van der Waals surface area contributed by atoms with Gasteiger partial charge in [-0.3, -0.25) is 4.79 Å². The molecule has 2 rings (SSSR count). The molecule has 21 heavy (non-hydrogen) atoms. The van der Waals surface area contributed by atoms with Gasteiger partial charge in [0.2, 0.25) is 5.76 Å². The third-order valence-electron chi connectivity index (χ3n) is 2.58. The van der Waals surface area contributed by atoms with Crippen LogP contribution in [-0.4, -0.2) is 23.6 Å². The summed E-state index contributed by atoms with van der Waals surface area (Å²) in [6.45, 7) is 3.77. The molecule has 0 saturated heterocycles. The van der Waals surface area contributed by atoms with E-state index in [0.717, 1.165) is 0 Å². The molecule has 0 aliphatic carbocycles. The Morgan fingerprint density at radius 1 is 1.38 bits per heavy atom. The first kappa shape index (κ1) is 15.2. The molecule has 0 aliphatic rings. The number of carbonyl (C=O) groups is 2. The van der Waals surface area contributed by atoms with Gasteiger partial charge in [0, 0.05) is 10.5 Å². The number of rotatable bonds is 4. The number of hydrogen-bond acceptors (Lipinski definition) is 5. The van der Waals surface area contributed by atoms with E-state index in [0.29, 0.717) is 28.0 Å². The van der Waals surface area contributed by atoms with Crippen LogP contribution in [0.2, 0.25) is 0 Å². The highest BCUT2D eigenvalue weighted by molar-refractivity contribution is 9.10. The Morgan fingerprint density at radius 3 is 2.71 bits per heavy atom. The molecule has 0 aliphatic heterocycles. The highest BCUT2D eigenvalue weighted by atomic mass is 79.9. The first-order chi connectivity index (χ1) is 10.0. The van der Waals surface area contributed by atoms with Gasteiger partial charge in [-0.15, -0.1) is 0 Å². The number of esters is 1. The smallest absolute Gasteiger partial charge is 0.338 e. The van der Waals surface area contributed by atoms with Gasteiger partial charge in [-0.05, 0) is 48.0 Å². The summed E-state index contributed by atoms with van der Waals surface area (Å²) in [6.07, 6.45) is 0. The molecule has 110 valence electrons. The summed E-state index contributed by atoms with van der Waals surface area (Å²) >= 11 is 3.30. The van der Waals surface area contributed by atoms with E-state index in [-0.39, 0.29) is 5.76 Å². The molecule has 0 bridgehead atoms. The van der Waals surface area contributed by atoms with E-state index in [2.05, 4.69) is 26.4 Å². The largest absolute Gasteiger partial charge is 0.462 e. The summed E-state index contributed by atoms with van der Waals surface area (Å²) in [5, 5.41) is 6.32.